The number of nitrogens with zero attached hydrogens (tertiary/aromatic N) is 1. The van der Waals surface area contributed by atoms with E-state index in [1.54, 1.807) is 12.3 Å². The van der Waals surface area contributed by atoms with Gasteiger partial charge in [-0.15, -0.1) is 0 Å². The number of hydrogen-bond donors (Lipinski definition) is 2. The number of Topliss-reactive ketones (excluding diaryl/α,β-unsaturated/α-hetero) is 1. The average molecular weight is 221 g/mol. The van der Waals surface area contributed by atoms with Gasteiger partial charge >= 0.3 is 0 Å². The Bertz CT molecular complexity index is 368. The van der Waals surface area contributed by atoms with Crippen LogP contribution in [0.15, 0.2) is 12.3 Å². The lowest BCUT2D eigenvalue weighted by molar-refractivity contribution is 0.0967. The summed E-state index contributed by atoms with van der Waals surface area (Å²) in [5.41, 5.74) is 12.9. The van der Waals surface area contributed by atoms with E-state index in [-0.39, 0.29) is 17.7 Å². The van der Waals surface area contributed by atoms with Crippen LogP contribution in [0, 0.1) is 12.8 Å². The van der Waals surface area contributed by atoms with Crippen LogP contribution < -0.4 is 11.5 Å². The molecule has 0 bridgehead atoms. The summed E-state index contributed by atoms with van der Waals surface area (Å²) in [4.78, 5) is 15.9. The number of ketones is 1. The molecule has 0 radical (unpaired) electrons. The fraction of sp³-hybridized carbons (Fsp3) is 0.500. The SMILES string of the molecule is Cc1ccnc(N)c1C(=O)CC(N)C(C)C. The minimum atomic E-state index is -0.133. The fourth-order valence-corrected chi connectivity index (χ4v) is 1.49. The van der Waals surface area contributed by atoms with Gasteiger partial charge in [0.1, 0.15) is 5.82 Å². The highest BCUT2D eigenvalue weighted by atomic mass is 16.1. The van der Waals surface area contributed by atoms with Crippen LogP contribution >= 0.6 is 0 Å². The lowest BCUT2D eigenvalue weighted by Crippen LogP contribution is -2.29. The molecule has 0 aliphatic heterocycles. The summed E-state index contributed by atoms with van der Waals surface area (Å²) in [7, 11) is 0. The van der Waals surface area contributed by atoms with E-state index in [9.17, 15) is 4.79 Å². The fourth-order valence-electron chi connectivity index (χ4n) is 1.49. The number of carbonyl (C=O) groups is 1. The molecule has 1 aromatic rings. The van der Waals surface area contributed by atoms with Crippen molar-refractivity contribution in [2.45, 2.75) is 33.2 Å². The van der Waals surface area contributed by atoms with Crippen molar-refractivity contribution in [2.75, 3.05) is 5.73 Å². The highest BCUT2D eigenvalue weighted by Gasteiger charge is 2.18. The van der Waals surface area contributed by atoms with Gasteiger partial charge in [0.05, 0.1) is 5.56 Å². The summed E-state index contributed by atoms with van der Waals surface area (Å²) in [5, 5.41) is 0. The molecular weight excluding hydrogens is 202 g/mol. The van der Waals surface area contributed by atoms with Crippen molar-refractivity contribution in [3.63, 3.8) is 0 Å². The minimum Gasteiger partial charge on any atom is -0.383 e. The molecule has 0 fully saturated rings. The predicted octanol–water partition coefficient (Wildman–Crippen LogP) is 1.53. The second-order valence-electron chi connectivity index (χ2n) is 4.42. The third-order valence-electron chi connectivity index (χ3n) is 2.74. The molecule has 4 N–H and O–H groups in total. The van der Waals surface area contributed by atoms with Crippen LogP contribution in [0.25, 0.3) is 0 Å². The van der Waals surface area contributed by atoms with Gasteiger partial charge in [-0.2, -0.15) is 0 Å². The maximum atomic E-state index is 12.0. The molecule has 1 aromatic heterocycles. The molecule has 4 heteroatoms. The first-order valence-corrected chi connectivity index (χ1v) is 5.43. The van der Waals surface area contributed by atoms with E-state index >= 15 is 0 Å². The van der Waals surface area contributed by atoms with Crippen molar-refractivity contribution >= 4 is 11.6 Å². The normalized spacial score (nSPS) is 12.8. The third-order valence-corrected chi connectivity index (χ3v) is 2.74. The zero-order valence-corrected chi connectivity index (χ0v) is 10.0. The van der Waals surface area contributed by atoms with Gasteiger partial charge in [0, 0.05) is 18.7 Å². The molecule has 1 rings (SSSR count). The van der Waals surface area contributed by atoms with Crippen molar-refractivity contribution in [2.24, 2.45) is 11.7 Å². The molecule has 1 atom stereocenters. The Morgan fingerprint density at radius 2 is 2.12 bits per heavy atom. The summed E-state index contributed by atoms with van der Waals surface area (Å²) in [6.45, 7) is 5.85. The van der Waals surface area contributed by atoms with Gasteiger partial charge in [0.25, 0.3) is 0 Å². The van der Waals surface area contributed by atoms with Crippen molar-refractivity contribution in [3.8, 4) is 0 Å². The molecule has 1 heterocycles. The second-order valence-corrected chi connectivity index (χ2v) is 4.42. The summed E-state index contributed by atoms with van der Waals surface area (Å²) in [6.07, 6.45) is 1.91. The zero-order chi connectivity index (χ0) is 12.3. The molecule has 0 aliphatic rings. The molecule has 0 saturated carbocycles. The molecule has 0 saturated heterocycles. The highest BCUT2D eigenvalue weighted by Crippen LogP contribution is 2.17. The van der Waals surface area contributed by atoms with Gasteiger partial charge in [-0.05, 0) is 24.5 Å². The highest BCUT2D eigenvalue weighted by molar-refractivity contribution is 6.01. The van der Waals surface area contributed by atoms with Crippen molar-refractivity contribution in [1.29, 1.82) is 0 Å². The van der Waals surface area contributed by atoms with Gasteiger partial charge < -0.3 is 11.5 Å². The number of hydrogen-bond acceptors (Lipinski definition) is 4. The number of carbonyl (C=O) groups excluding carboxylic acids is 1. The summed E-state index contributed by atoms with van der Waals surface area (Å²) in [5.74, 6) is 0.549. The number of anilines is 1. The van der Waals surface area contributed by atoms with Crippen LogP contribution in [-0.2, 0) is 0 Å². The summed E-state index contributed by atoms with van der Waals surface area (Å²) < 4.78 is 0. The van der Waals surface area contributed by atoms with Gasteiger partial charge in [0.2, 0.25) is 0 Å². The topological polar surface area (TPSA) is 82.0 Å². The van der Waals surface area contributed by atoms with E-state index in [4.69, 9.17) is 11.5 Å². The van der Waals surface area contributed by atoms with E-state index in [1.165, 1.54) is 0 Å². The molecule has 88 valence electrons. The molecule has 0 amide bonds. The maximum Gasteiger partial charge on any atom is 0.168 e. The number of aromatic nitrogens is 1. The molecular formula is C12H19N3O. The first kappa shape index (κ1) is 12.6. The Kier molecular flexibility index (Phi) is 4.01. The van der Waals surface area contributed by atoms with Gasteiger partial charge in [-0.3, -0.25) is 4.79 Å². The van der Waals surface area contributed by atoms with Crippen LogP contribution in [0.3, 0.4) is 0 Å². The summed E-state index contributed by atoms with van der Waals surface area (Å²) in [6, 6.07) is 1.65. The molecule has 0 aromatic carbocycles. The van der Waals surface area contributed by atoms with E-state index < -0.39 is 0 Å². The average Bonchev–Trinajstić information content (AvgIpc) is 2.16. The first-order valence-electron chi connectivity index (χ1n) is 5.43. The number of pyridine rings is 1. The van der Waals surface area contributed by atoms with Crippen molar-refractivity contribution < 1.29 is 4.79 Å². The number of nitrogen functional groups attached to an aromatic ring is 1. The number of aryl methyl sites for hydroxylation is 1. The van der Waals surface area contributed by atoms with Gasteiger partial charge in [-0.1, -0.05) is 13.8 Å². The second kappa shape index (κ2) is 5.07. The Morgan fingerprint density at radius 1 is 1.50 bits per heavy atom. The van der Waals surface area contributed by atoms with E-state index in [2.05, 4.69) is 4.98 Å². The lowest BCUT2D eigenvalue weighted by atomic mass is 9.95. The number of nitrogens with two attached hydrogens (primary N) is 2. The zero-order valence-electron chi connectivity index (χ0n) is 10.0. The Balaban J connectivity index is 2.89. The molecule has 0 aliphatic carbocycles. The van der Waals surface area contributed by atoms with E-state index in [0.717, 1.165) is 5.56 Å². The van der Waals surface area contributed by atoms with Crippen LogP contribution in [0.2, 0.25) is 0 Å². The van der Waals surface area contributed by atoms with Gasteiger partial charge in [-0.25, -0.2) is 4.98 Å². The predicted molar refractivity (Wildman–Crippen MR) is 65.1 cm³/mol. The van der Waals surface area contributed by atoms with E-state index in [0.29, 0.717) is 17.8 Å². The minimum absolute atomic E-state index is 0.0238. The van der Waals surface area contributed by atoms with Crippen LogP contribution in [0.1, 0.15) is 36.2 Å². The van der Waals surface area contributed by atoms with Crippen LogP contribution in [0.5, 0.6) is 0 Å². The van der Waals surface area contributed by atoms with Crippen molar-refractivity contribution in [1.82, 2.24) is 4.98 Å². The van der Waals surface area contributed by atoms with E-state index in [1.807, 2.05) is 20.8 Å². The smallest absolute Gasteiger partial charge is 0.168 e. The molecule has 1 unspecified atom stereocenters. The standard InChI is InChI=1S/C12H19N3O/c1-7(2)9(13)6-10(16)11-8(3)4-5-15-12(11)14/h4-5,7,9H,6,13H2,1-3H3,(H2,14,15). The third kappa shape index (κ3) is 2.79. The molecule has 0 spiro atoms. The largest absolute Gasteiger partial charge is 0.383 e. The lowest BCUT2D eigenvalue weighted by Gasteiger charge is -2.15. The quantitative estimate of drug-likeness (QED) is 0.755. The van der Waals surface area contributed by atoms with Gasteiger partial charge in [0.15, 0.2) is 5.78 Å². The molecule has 4 nitrogen and oxygen atoms in total. The summed E-state index contributed by atoms with van der Waals surface area (Å²) >= 11 is 0. The van der Waals surface area contributed by atoms with Crippen LogP contribution in [0.4, 0.5) is 5.82 Å². The Hall–Kier alpha value is -1.42. The Morgan fingerprint density at radius 3 is 2.62 bits per heavy atom. The van der Waals surface area contributed by atoms with Crippen molar-refractivity contribution in [3.05, 3.63) is 23.4 Å². The monoisotopic (exact) mass is 221 g/mol. The molecule has 16 heavy (non-hydrogen) atoms. The number of rotatable bonds is 4. The Labute approximate surface area is 96.0 Å². The first-order chi connectivity index (χ1) is 7.43. The maximum absolute atomic E-state index is 12.0. The van der Waals surface area contributed by atoms with Crippen LogP contribution in [-0.4, -0.2) is 16.8 Å².